The van der Waals surface area contributed by atoms with Crippen molar-refractivity contribution in [3.63, 3.8) is 0 Å². The number of hydrogen-bond donors (Lipinski definition) is 1. The molecule has 6 heteroatoms. The topological polar surface area (TPSA) is 57.7 Å². The molecule has 0 aliphatic carbocycles. The first-order valence-electron chi connectivity index (χ1n) is 9.76. The van der Waals surface area contributed by atoms with E-state index in [-0.39, 0.29) is 5.91 Å². The first-order chi connectivity index (χ1) is 13.1. The summed E-state index contributed by atoms with van der Waals surface area (Å²) in [6, 6.07) is 9.34. The van der Waals surface area contributed by atoms with Gasteiger partial charge in [-0.1, -0.05) is 19.9 Å². The number of carbonyl (C=O) groups is 1. The van der Waals surface area contributed by atoms with Crippen LogP contribution in [0, 0.1) is 5.92 Å². The molecular formula is C21H30N4O2. The van der Waals surface area contributed by atoms with E-state index in [0.29, 0.717) is 18.2 Å². The first kappa shape index (κ1) is 19.6. The number of aromatic nitrogens is 1. The zero-order valence-corrected chi connectivity index (χ0v) is 16.6. The average Bonchev–Trinajstić information content (AvgIpc) is 2.71. The number of piperazine rings is 1. The molecule has 1 aliphatic rings. The van der Waals surface area contributed by atoms with Crippen LogP contribution in [0.25, 0.3) is 10.9 Å². The van der Waals surface area contributed by atoms with Gasteiger partial charge in [-0.15, -0.1) is 0 Å². The normalized spacial score (nSPS) is 17.0. The maximum absolute atomic E-state index is 12.5. The number of fused-ring (bicyclic) bond motifs is 1. The fourth-order valence-corrected chi connectivity index (χ4v) is 3.51. The lowest BCUT2D eigenvalue weighted by Gasteiger charge is -2.35. The molecule has 146 valence electrons. The van der Waals surface area contributed by atoms with Crippen LogP contribution in [-0.2, 0) is 0 Å². The second kappa shape index (κ2) is 9.15. The predicted octanol–water partition coefficient (Wildman–Crippen LogP) is 2.25. The minimum Gasteiger partial charge on any atom is -0.497 e. The lowest BCUT2D eigenvalue weighted by atomic mass is 10.1. The summed E-state index contributed by atoms with van der Waals surface area (Å²) in [4.78, 5) is 21.9. The largest absolute Gasteiger partial charge is 0.497 e. The third-order valence-electron chi connectivity index (χ3n) is 5.22. The average molecular weight is 370 g/mol. The fourth-order valence-electron chi connectivity index (χ4n) is 3.51. The Morgan fingerprint density at radius 3 is 2.63 bits per heavy atom. The van der Waals surface area contributed by atoms with Crippen molar-refractivity contribution < 1.29 is 9.53 Å². The quantitative estimate of drug-likeness (QED) is 0.810. The molecule has 1 saturated heterocycles. The van der Waals surface area contributed by atoms with Crippen LogP contribution in [0.3, 0.4) is 0 Å². The van der Waals surface area contributed by atoms with Gasteiger partial charge in [-0.25, -0.2) is 4.98 Å². The van der Waals surface area contributed by atoms with E-state index >= 15 is 0 Å². The van der Waals surface area contributed by atoms with Crippen molar-refractivity contribution in [2.75, 3.05) is 52.9 Å². The van der Waals surface area contributed by atoms with Crippen LogP contribution in [0.2, 0.25) is 0 Å². The highest BCUT2D eigenvalue weighted by Gasteiger charge is 2.18. The minimum absolute atomic E-state index is 0.115. The molecule has 1 N–H and O–H groups in total. The van der Waals surface area contributed by atoms with Gasteiger partial charge in [0.25, 0.3) is 5.91 Å². The van der Waals surface area contributed by atoms with E-state index in [9.17, 15) is 4.79 Å². The zero-order chi connectivity index (χ0) is 19.2. The molecule has 1 aromatic carbocycles. The third-order valence-corrected chi connectivity index (χ3v) is 5.22. The Kier molecular flexibility index (Phi) is 6.63. The van der Waals surface area contributed by atoms with Crippen molar-refractivity contribution in [3.8, 4) is 5.75 Å². The van der Waals surface area contributed by atoms with Crippen LogP contribution >= 0.6 is 0 Å². The smallest absolute Gasteiger partial charge is 0.269 e. The Balaban J connectivity index is 1.50. The standard InChI is InChI=1S/C21H30N4O2/c1-4-24-9-11-25(12-10-24)15-16(2)14-22-21(26)20-7-5-17-13-18(27-3)6-8-19(17)23-20/h5-8,13,16H,4,9-12,14-15H2,1-3H3,(H,22,26). The number of benzene rings is 1. The SMILES string of the molecule is CCN1CCN(CC(C)CNC(=O)c2ccc3cc(OC)ccc3n2)CC1. The fraction of sp³-hybridized carbons (Fsp3) is 0.524. The molecule has 1 amide bonds. The molecule has 1 aromatic heterocycles. The Morgan fingerprint density at radius 1 is 1.19 bits per heavy atom. The highest BCUT2D eigenvalue weighted by Crippen LogP contribution is 2.19. The van der Waals surface area contributed by atoms with E-state index in [2.05, 4.69) is 33.9 Å². The van der Waals surface area contributed by atoms with Crippen LogP contribution in [0.1, 0.15) is 24.3 Å². The number of nitrogens with zero attached hydrogens (tertiary/aromatic N) is 3. The molecule has 0 bridgehead atoms. The van der Waals surface area contributed by atoms with Gasteiger partial charge in [-0.2, -0.15) is 0 Å². The van der Waals surface area contributed by atoms with Crippen molar-refractivity contribution in [2.24, 2.45) is 5.92 Å². The summed E-state index contributed by atoms with van der Waals surface area (Å²) in [5.41, 5.74) is 1.25. The van der Waals surface area contributed by atoms with E-state index in [0.717, 1.165) is 55.9 Å². The summed E-state index contributed by atoms with van der Waals surface area (Å²) in [5, 5.41) is 4.00. The van der Waals surface area contributed by atoms with Crippen molar-refractivity contribution in [1.82, 2.24) is 20.1 Å². The molecule has 2 aromatic rings. The number of amides is 1. The number of hydrogen-bond acceptors (Lipinski definition) is 5. The summed E-state index contributed by atoms with van der Waals surface area (Å²) >= 11 is 0. The van der Waals surface area contributed by atoms with Gasteiger partial charge < -0.3 is 19.9 Å². The van der Waals surface area contributed by atoms with Crippen LogP contribution < -0.4 is 10.1 Å². The van der Waals surface area contributed by atoms with Gasteiger partial charge in [-0.3, -0.25) is 4.79 Å². The molecule has 2 heterocycles. The van der Waals surface area contributed by atoms with E-state index in [1.807, 2.05) is 24.3 Å². The number of methoxy groups -OCH3 is 1. The molecule has 1 aliphatic heterocycles. The van der Waals surface area contributed by atoms with Gasteiger partial charge in [0.05, 0.1) is 12.6 Å². The molecule has 1 unspecified atom stereocenters. The number of rotatable bonds is 7. The molecule has 0 radical (unpaired) electrons. The van der Waals surface area contributed by atoms with Crippen molar-refractivity contribution in [3.05, 3.63) is 36.0 Å². The predicted molar refractivity (Wildman–Crippen MR) is 108 cm³/mol. The number of pyridine rings is 1. The number of likely N-dealkylation sites (N-methyl/N-ethyl adjacent to an activating group) is 1. The molecule has 27 heavy (non-hydrogen) atoms. The maximum Gasteiger partial charge on any atom is 0.269 e. The number of nitrogens with one attached hydrogen (secondary N) is 1. The van der Waals surface area contributed by atoms with Gasteiger partial charge in [0.2, 0.25) is 0 Å². The third kappa shape index (κ3) is 5.17. The van der Waals surface area contributed by atoms with Crippen molar-refractivity contribution >= 4 is 16.8 Å². The number of ether oxygens (including phenoxy) is 1. The summed E-state index contributed by atoms with van der Waals surface area (Å²) < 4.78 is 5.23. The van der Waals surface area contributed by atoms with E-state index in [1.165, 1.54) is 0 Å². The summed E-state index contributed by atoms with van der Waals surface area (Å²) in [7, 11) is 1.64. The molecule has 1 fully saturated rings. The van der Waals surface area contributed by atoms with Crippen LogP contribution in [-0.4, -0.2) is 73.6 Å². The van der Waals surface area contributed by atoms with Crippen LogP contribution in [0.15, 0.2) is 30.3 Å². The minimum atomic E-state index is -0.115. The Bertz CT molecular complexity index is 772. The first-order valence-corrected chi connectivity index (χ1v) is 9.76. The molecule has 0 spiro atoms. The van der Waals surface area contributed by atoms with Gasteiger partial charge in [0, 0.05) is 44.7 Å². The van der Waals surface area contributed by atoms with Crippen LogP contribution in [0.4, 0.5) is 0 Å². The maximum atomic E-state index is 12.5. The summed E-state index contributed by atoms with van der Waals surface area (Å²) in [6.45, 7) is 11.7. The van der Waals surface area contributed by atoms with Gasteiger partial charge >= 0.3 is 0 Å². The van der Waals surface area contributed by atoms with Crippen LogP contribution in [0.5, 0.6) is 5.75 Å². The molecular weight excluding hydrogens is 340 g/mol. The number of carbonyl (C=O) groups excluding carboxylic acids is 1. The highest BCUT2D eigenvalue weighted by molar-refractivity contribution is 5.95. The van der Waals surface area contributed by atoms with E-state index < -0.39 is 0 Å². The van der Waals surface area contributed by atoms with E-state index in [1.54, 1.807) is 13.2 Å². The Hall–Kier alpha value is -2.18. The second-order valence-corrected chi connectivity index (χ2v) is 7.31. The van der Waals surface area contributed by atoms with Crippen molar-refractivity contribution in [1.29, 1.82) is 0 Å². The Morgan fingerprint density at radius 2 is 1.93 bits per heavy atom. The lowest BCUT2D eigenvalue weighted by molar-refractivity contribution is 0.0929. The second-order valence-electron chi connectivity index (χ2n) is 7.31. The molecule has 1 atom stereocenters. The summed E-state index contributed by atoms with van der Waals surface area (Å²) in [6.07, 6.45) is 0. The van der Waals surface area contributed by atoms with E-state index in [4.69, 9.17) is 4.74 Å². The van der Waals surface area contributed by atoms with Gasteiger partial charge in [0.1, 0.15) is 11.4 Å². The zero-order valence-electron chi connectivity index (χ0n) is 16.6. The summed E-state index contributed by atoms with van der Waals surface area (Å²) in [5.74, 6) is 1.08. The molecule has 6 nitrogen and oxygen atoms in total. The van der Waals surface area contributed by atoms with Gasteiger partial charge in [-0.05, 0) is 36.7 Å². The molecule has 0 saturated carbocycles. The lowest BCUT2D eigenvalue weighted by Crippen LogP contribution is -2.48. The molecule has 3 rings (SSSR count). The van der Waals surface area contributed by atoms with Gasteiger partial charge in [0.15, 0.2) is 0 Å². The van der Waals surface area contributed by atoms with Crippen molar-refractivity contribution in [2.45, 2.75) is 13.8 Å². The highest BCUT2D eigenvalue weighted by atomic mass is 16.5. The Labute approximate surface area is 161 Å². The monoisotopic (exact) mass is 370 g/mol.